The molecule has 4 N–H and O–H groups in total. The third kappa shape index (κ3) is 3.29. The molecule has 0 aromatic heterocycles. The molecule has 0 radical (unpaired) electrons. The molecular formula is C14H17FN2. The molecule has 1 atom stereocenters. The molecular weight excluding hydrogens is 215 g/mol. The molecule has 1 unspecified atom stereocenters. The summed E-state index contributed by atoms with van der Waals surface area (Å²) in [6.07, 6.45) is 7.28. The predicted molar refractivity (Wildman–Crippen MR) is 70.8 cm³/mol. The Kier molecular flexibility index (Phi) is 4.67. The standard InChI is InChI=1S/C14H17FN2/c1-3-5-10(6-4-2)14(17)11-7-8-12(15)13(16)9-11/h3-9,14H,1,16-17H2,2H3/b6-4-,10-5+. The fourth-order valence-corrected chi connectivity index (χ4v) is 1.54. The van der Waals surface area contributed by atoms with Gasteiger partial charge in [-0.3, -0.25) is 0 Å². The van der Waals surface area contributed by atoms with Gasteiger partial charge in [-0.05, 0) is 30.2 Å². The minimum Gasteiger partial charge on any atom is -0.396 e. The van der Waals surface area contributed by atoms with Crippen LogP contribution in [-0.2, 0) is 0 Å². The van der Waals surface area contributed by atoms with E-state index in [2.05, 4.69) is 6.58 Å². The normalized spacial score (nSPS) is 13.9. The molecule has 0 spiro atoms. The molecule has 3 heteroatoms. The van der Waals surface area contributed by atoms with Crippen LogP contribution < -0.4 is 11.5 Å². The number of nitrogen functional groups attached to an aromatic ring is 1. The van der Waals surface area contributed by atoms with Gasteiger partial charge in [0.05, 0.1) is 11.7 Å². The number of hydrogen-bond acceptors (Lipinski definition) is 2. The summed E-state index contributed by atoms with van der Waals surface area (Å²) in [5, 5.41) is 0. The van der Waals surface area contributed by atoms with Crippen molar-refractivity contribution in [2.75, 3.05) is 5.73 Å². The first-order valence-corrected chi connectivity index (χ1v) is 5.36. The zero-order valence-electron chi connectivity index (χ0n) is 9.86. The second-order valence-electron chi connectivity index (χ2n) is 3.66. The van der Waals surface area contributed by atoms with Gasteiger partial charge in [0.15, 0.2) is 0 Å². The van der Waals surface area contributed by atoms with E-state index in [1.165, 1.54) is 6.07 Å². The Labute approximate surface area is 101 Å². The summed E-state index contributed by atoms with van der Waals surface area (Å²) < 4.78 is 13.0. The van der Waals surface area contributed by atoms with Crippen molar-refractivity contribution in [3.8, 4) is 0 Å². The molecule has 1 aromatic rings. The van der Waals surface area contributed by atoms with Gasteiger partial charge >= 0.3 is 0 Å². The summed E-state index contributed by atoms with van der Waals surface area (Å²) >= 11 is 0. The van der Waals surface area contributed by atoms with Gasteiger partial charge in [-0.1, -0.05) is 36.9 Å². The highest BCUT2D eigenvalue weighted by Gasteiger charge is 2.10. The van der Waals surface area contributed by atoms with Crippen LogP contribution in [0.25, 0.3) is 0 Å². The lowest BCUT2D eigenvalue weighted by atomic mass is 9.98. The van der Waals surface area contributed by atoms with Gasteiger partial charge in [0.2, 0.25) is 0 Å². The number of rotatable bonds is 4. The Morgan fingerprint density at radius 3 is 2.71 bits per heavy atom. The smallest absolute Gasteiger partial charge is 0.146 e. The number of anilines is 1. The average Bonchev–Trinajstić information content (AvgIpc) is 2.31. The Balaban J connectivity index is 3.09. The molecule has 1 rings (SSSR count). The van der Waals surface area contributed by atoms with E-state index >= 15 is 0 Å². The van der Waals surface area contributed by atoms with Crippen molar-refractivity contribution in [1.82, 2.24) is 0 Å². The van der Waals surface area contributed by atoms with Crippen LogP contribution in [-0.4, -0.2) is 0 Å². The first-order valence-electron chi connectivity index (χ1n) is 5.36. The maximum Gasteiger partial charge on any atom is 0.146 e. The van der Waals surface area contributed by atoms with E-state index in [-0.39, 0.29) is 11.7 Å². The fourth-order valence-electron chi connectivity index (χ4n) is 1.54. The van der Waals surface area contributed by atoms with Crippen molar-refractivity contribution in [2.24, 2.45) is 5.73 Å². The fraction of sp³-hybridized carbons (Fsp3) is 0.143. The molecule has 0 heterocycles. The highest BCUT2D eigenvalue weighted by atomic mass is 19.1. The van der Waals surface area contributed by atoms with Gasteiger partial charge in [-0.2, -0.15) is 0 Å². The second-order valence-corrected chi connectivity index (χ2v) is 3.66. The molecule has 0 fully saturated rings. The number of hydrogen-bond donors (Lipinski definition) is 2. The van der Waals surface area contributed by atoms with E-state index in [0.29, 0.717) is 0 Å². The molecule has 0 saturated carbocycles. The maximum atomic E-state index is 13.0. The summed E-state index contributed by atoms with van der Waals surface area (Å²) in [6, 6.07) is 4.18. The Bertz CT molecular complexity index is 461. The van der Waals surface area contributed by atoms with Crippen LogP contribution in [0.15, 0.2) is 54.7 Å². The van der Waals surface area contributed by atoms with E-state index in [4.69, 9.17) is 11.5 Å². The molecule has 0 amide bonds. The number of halogens is 1. The molecule has 0 aliphatic rings. The molecule has 0 aliphatic heterocycles. The van der Waals surface area contributed by atoms with Gasteiger partial charge in [0.25, 0.3) is 0 Å². The topological polar surface area (TPSA) is 52.0 Å². The molecule has 0 saturated heterocycles. The average molecular weight is 232 g/mol. The zero-order valence-corrected chi connectivity index (χ0v) is 9.86. The zero-order chi connectivity index (χ0) is 12.8. The van der Waals surface area contributed by atoms with Gasteiger partial charge in [-0.15, -0.1) is 0 Å². The number of benzene rings is 1. The van der Waals surface area contributed by atoms with Gasteiger partial charge < -0.3 is 11.5 Å². The van der Waals surface area contributed by atoms with E-state index in [1.54, 1.807) is 18.2 Å². The van der Waals surface area contributed by atoms with Crippen molar-refractivity contribution in [3.63, 3.8) is 0 Å². The number of nitrogens with two attached hydrogens (primary N) is 2. The summed E-state index contributed by atoms with van der Waals surface area (Å²) in [7, 11) is 0. The van der Waals surface area contributed by atoms with E-state index in [0.717, 1.165) is 11.1 Å². The first-order chi connectivity index (χ1) is 8.10. The third-order valence-electron chi connectivity index (χ3n) is 2.41. The van der Waals surface area contributed by atoms with Gasteiger partial charge in [-0.25, -0.2) is 4.39 Å². The van der Waals surface area contributed by atoms with Crippen molar-refractivity contribution in [3.05, 3.63) is 66.0 Å². The largest absolute Gasteiger partial charge is 0.396 e. The van der Waals surface area contributed by atoms with Crippen molar-refractivity contribution in [2.45, 2.75) is 13.0 Å². The first kappa shape index (κ1) is 13.2. The minimum atomic E-state index is -0.429. The molecule has 90 valence electrons. The molecule has 1 aromatic carbocycles. The highest BCUT2D eigenvalue weighted by Crippen LogP contribution is 2.23. The Hall–Kier alpha value is -1.87. The van der Waals surface area contributed by atoms with Crippen LogP contribution >= 0.6 is 0 Å². The van der Waals surface area contributed by atoms with Crippen LogP contribution in [0.4, 0.5) is 10.1 Å². The quantitative estimate of drug-likeness (QED) is 0.619. The third-order valence-corrected chi connectivity index (χ3v) is 2.41. The van der Waals surface area contributed by atoms with E-state index in [9.17, 15) is 4.39 Å². The lowest BCUT2D eigenvalue weighted by Gasteiger charge is -2.14. The summed E-state index contributed by atoms with van der Waals surface area (Å²) in [5.41, 5.74) is 13.4. The van der Waals surface area contributed by atoms with E-state index < -0.39 is 5.82 Å². The SMILES string of the molecule is C=C/C=C(\C=C/C)C(N)c1ccc(F)c(N)c1. The van der Waals surface area contributed by atoms with Gasteiger partial charge in [0, 0.05) is 0 Å². The summed E-state index contributed by atoms with van der Waals surface area (Å²) in [4.78, 5) is 0. The molecule has 17 heavy (non-hydrogen) atoms. The van der Waals surface area contributed by atoms with Gasteiger partial charge in [0.1, 0.15) is 5.82 Å². The monoisotopic (exact) mass is 232 g/mol. The van der Waals surface area contributed by atoms with Crippen LogP contribution in [0.1, 0.15) is 18.5 Å². The Morgan fingerprint density at radius 1 is 1.47 bits per heavy atom. The molecule has 2 nitrogen and oxygen atoms in total. The summed E-state index contributed by atoms with van der Waals surface area (Å²) in [5.74, 6) is -0.429. The highest BCUT2D eigenvalue weighted by molar-refractivity contribution is 5.46. The predicted octanol–water partition coefficient (Wildman–Crippen LogP) is 3.10. The van der Waals surface area contributed by atoms with Crippen LogP contribution in [0.3, 0.4) is 0 Å². The molecule has 0 bridgehead atoms. The maximum absolute atomic E-state index is 13.0. The van der Waals surface area contributed by atoms with Crippen molar-refractivity contribution >= 4 is 5.69 Å². The van der Waals surface area contributed by atoms with Crippen LogP contribution in [0.5, 0.6) is 0 Å². The minimum absolute atomic E-state index is 0.108. The lowest BCUT2D eigenvalue weighted by Crippen LogP contribution is -2.12. The Morgan fingerprint density at radius 2 is 2.18 bits per heavy atom. The second kappa shape index (κ2) is 6.01. The van der Waals surface area contributed by atoms with E-state index in [1.807, 2.05) is 25.2 Å². The summed E-state index contributed by atoms with van der Waals surface area (Å²) in [6.45, 7) is 5.55. The van der Waals surface area contributed by atoms with Crippen LogP contribution in [0, 0.1) is 5.82 Å². The number of allylic oxidation sites excluding steroid dienone is 3. The molecule has 0 aliphatic carbocycles. The van der Waals surface area contributed by atoms with Crippen molar-refractivity contribution in [1.29, 1.82) is 0 Å². The lowest BCUT2D eigenvalue weighted by molar-refractivity contribution is 0.631. The van der Waals surface area contributed by atoms with Crippen molar-refractivity contribution < 1.29 is 4.39 Å². The van der Waals surface area contributed by atoms with Crippen LogP contribution in [0.2, 0.25) is 0 Å².